The molecule has 2 aromatic rings. The Bertz CT molecular complexity index is 510. The summed E-state index contributed by atoms with van der Waals surface area (Å²) in [4.78, 5) is 15.8. The van der Waals surface area contributed by atoms with E-state index < -0.39 is 0 Å². The molecule has 0 aliphatic rings. The number of imidazole rings is 1. The molecule has 4 heteroatoms. The summed E-state index contributed by atoms with van der Waals surface area (Å²) in [5, 5.41) is 0. The van der Waals surface area contributed by atoms with Gasteiger partial charge >= 0.3 is 5.69 Å². The molecule has 2 aromatic heterocycles. The highest BCUT2D eigenvalue weighted by molar-refractivity contribution is 5.74. The molecule has 0 atom stereocenters. The molecule has 0 saturated carbocycles. The maximum atomic E-state index is 11.8. The molecule has 0 aliphatic carbocycles. The number of aromatic nitrogens is 3. The number of fused-ring (bicyclic) bond motifs is 1. The Morgan fingerprint density at radius 3 is 2.93 bits per heavy atom. The highest BCUT2D eigenvalue weighted by atomic mass is 16.1. The van der Waals surface area contributed by atoms with E-state index in [0.717, 1.165) is 24.0 Å². The standard InChI is InChI=1S/C10H13N3O/c1-3-6-13-8-4-5-11-7-9(8)12(2)10(13)14/h4-5,7H,3,6H2,1-2H3. The molecule has 0 radical (unpaired) electrons. The van der Waals surface area contributed by atoms with Crippen LogP contribution in [0.4, 0.5) is 0 Å². The zero-order valence-electron chi connectivity index (χ0n) is 8.40. The third-order valence-corrected chi connectivity index (χ3v) is 2.39. The van der Waals surface area contributed by atoms with Gasteiger partial charge in [-0.25, -0.2) is 4.79 Å². The fraction of sp³-hybridized carbons (Fsp3) is 0.400. The first-order valence-electron chi connectivity index (χ1n) is 4.75. The number of hydrogen-bond donors (Lipinski definition) is 0. The average molecular weight is 191 g/mol. The van der Waals surface area contributed by atoms with E-state index in [1.54, 1.807) is 28.6 Å². The molecule has 0 bridgehead atoms. The first-order chi connectivity index (χ1) is 6.75. The number of aryl methyl sites for hydroxylation is 2. The van der Waals surface area contributed by atoms with Gasteiger partial charge in [-0.3, -0.25) is 14.1 Å². The highest BCUT2D eigenvalue weighted by Gasteiger charge is 2.08. The van der Waals surface area contributed by atoms with E-state index in [9.17, 15) is 4.79 Å². The van der Waals surface area contributed by atoms with Crippen LogP contribution in [0.25, 0.3) is 11.0 Å². The second-order valence-electron chi connectivity index (χ2n) is 3.36. The molecule has 0 N–H and O–H groups in total. The van der Waals surface area contributed by atoms with Crippen molar-refractivity contribution in [3.63, 3.8) is 0 Å². The quantitative estimate of drug-likeness (QED) is 0.714. The van der Waals surface area contributed by atoms with Crippen molar-refractivity contribution in [3.8, 4) is 0 Å². The Morgan fingerprint density at radius 1 is 1.43 bits per heavy atom. The van der Waals surface area contributed by atoms with Gasteiger partial charge < -0.3 is 0 Å². The van der Waals surface area contributed by atoms with Crippen molar-refractivity contribution in [1.29, 1.82) is 0 Å². The van der Waals surface area contributed by atoms with E-state index >= 15 is 0 Å². The molecule has 2 heterocycles. The first-order valence-corrected chi connectivity index (χ1v) is 4.75. The largest absolute Gasteiger partial charge is 0.328 e. The third-order valence-electron chi connectivity index (χ3n) is 2.39. The molecule has 4 nitrogen and oxygen atoms in total. The van der Waals surface area contributed by atoms with E-state index in [1.165, 1.54) is 0 Å². The molecule has 0 saturated heterocycles. The molecule has 0 spiro atoms. The number of hydrogen-bond acceptors (Lipinski definition) is 2. The molecule has 0 unspecified atom stereocenters. The molecular weight excluding hydrogens is 178 g/mol. The van der Waals surface area contributed by atoms with Crippen LogP contribution in [0, 0.1) is 0 Å². The summed E-state index contributed by atoms with van der Waals surface area (Å²) in [7, 11) is 1.78. The molecule has 14 heavy (non-hydrogen) atoms. The molecule has 74 valence electrons. The SMILES string of the molecule is CCCn1c(=O)n(C)c2cnccc21. The summed E-state index contributed by atoms with van der Waals surface area (Å²) in [6.07, 6.45) is 4.40. The minimum atomic E-state index is 0.0369. The summed E-state index contributed by atoms with van der Waals surface area (Å²) in [5.74, 6) is 0. The zero-order valence-corrected chi connectivity index (χ0v) is 8.40. The van der Waals surface area contributed by atoms with Gasteiger partial charge in [0.05, 0.1) is 17.2 Å². The highest BCUT2D eigenvalue weighted by Crippen LogP contribution is 2.09. The van der Waals surface area contributed by atoms with Gasteiger partial charge in [-0.15, -0.1) is 0 Å². The summed E-state index contributed by atoms with van der Waals surface area (Å²) < 4.78 is 3.43. The van der Waals surface area contributed by atoms with Crippen molar-refractivity contribution < 1.29 is 0 Å². The van der Waals surface area contributed by atoms with Crippen LogP contribution < -0.4 is 5.69 Å². The lowest BCUT2D eigenvalue weighted by Crippen LogP contribution is -2.21. The van der Waals surface area contributed by atoms with Gasteiger partial charge in [-0.05, 0) is 12.5 Å². The van der Waals surface area contributed by atoms with Crippen LogP contribution in [0.3, 0.4) is 0 Å². The zero-order chi connectivity index (χ0) is 10.1. The number of pyridine rings is 1. The van der Waals surface area contributed by atoms with E-state index in [-0.39, 0.29) is 5.69 Å². The normalized spacial score (nSPS) is 11.0. The first kappa shape index (κ1) is 8.99. The third kappa shape index (κ3) is 1.14. The van der Waals surface area contributed by atoms with Crippen molar-refractivity contribution in [3.05, 3.63) is 28.9 Å². The maximum Gasteiger partial charge on any atom is 0.328 e. The lowest BCUT2D eigenvalue weighted by atomic mass is 10.4. The Labute approximate surface area is 81.8 Å². The average Bonchev–Trinajstić information content (AvgIpc) is 2.45. The van der Waals surface area contributed by atoms with Crippen molar-refractivity contribution in [2.45, 2.75) is 19.9 Å². The minimum absolute atomic E-state index is 0.0369. The van der Waals surface area contributed by atoms with Gasteiger partial charge in [0, 0.05) is 19.8 Å². The molecule has 0 aromatic carbocycles. The lowest BCUT2D eigenvalue weighted by molar-refractivity contribution is 0.652. The van der Waals surface area contributed by atoms with E-state index in [4.69, 9.17) is 0 Å². The van der Waals surface area contributed by atoms with Crippen LogP contribution in [0.2, 0.25) is 0 Å². The van der Waals surface area contributed by atoms with Gasteiger partial charge in [-0.1, -0.05) is 6.92 Å². The molecule has 2 rings (SSSR count). The Morgan fingerprint density at radius 2 is 2.21 bits per heavy atom. The molecule has 0 fully saturated rings. The molecular formula is C10H13N3O. The summed E-state index contributed by atoms with van der Waals surface area (Å²) in [5.41, 5.74) is 1.90. The monoisotopic (exact) mass is 191 g/mol. The predicted molar refractivity (Wildman–Crippen MR) is 55.3 cm³/mol. The lowest BCUT2D eigenvalue weighted by Gasteiger charge is -1.98. The summed E-state index contributed by atoms with van der Waals surface area (Å²) >= 11 is 0. The minimum Gasteiger partial charge on any atom is -0.294 e. The fourth-order valence-corrected chi connectivity index (χ4v) is 1.69. The molecule has 0 amide bonds. The summed E-state index contributed by atoms with van der Waals surface area (Å²) in [6, 6.07) is 1.88. The van der Waals surface area contributed by atoms with Gasteiger partial charge in [0.1, 0.15) is 0 Å². The van der Waals surface area contributed by atoms with Crippen molar-refractivity contribution in [2.75, 3.05) is 0 Å². The topological polar surface area (TPSA) is 39.8 Å². The van der Waals surface area contributed by atoms with Crippen molar-refractivity contribution in [1.82, 2.24) is 14.1 Å². The van der Waals surface area contributed by atoms with Crippen molar-refractivity contribution in [2.24, 2.45) is 7.05 Å². The predicted octanol–water partition coefficient (Wildman–Crippen LogP) is 1.14. The second-order valence-corrected chi connectivity index (χ2v) is 3.36. The van der Waals surface area contributed by atoms with Gasteiger partial charge in [0.15, 0.2) is 0 Å². The maximum absolute atomic E-state index is 11.8. The van der Waals surface area contributed by atoms with Crippen LogP contribution in [0.1, 0.15) is 13.3 Å². The van der Waals surface area contributed by atoms with E-state index in [1.807, 2.05) is 6.07 Å². The Hall–Kier alpha value is -1.58. The van der Waals surface area contributed by atoms with Crippen LogP contribution in [0.5, 0.6) is 0 Å². The van der Waals surface area contributed by atoms with Crippen molar-refractivity contribution >= 4 is 11.0 Å². The van der Waals surface area contributed by atoms with Gasteiger partial charge in [0.25, 0.3) is 0 Å². The number of nitrogens with zero attached hydrogens (tertiary/aromatic N) is 3. The van der Waals surface area contributed by atoms with Crippen LogP contribution in [0.15, 0.2) is 23.3 Å². The Balaban J connectivity index is 2.81. The Kier molecular flexibility index (Phi) is 2.11. The molecule has 0 aliphatic heterocycles. The van der Waals surface area contributed by atoms with Crippen LogP contribution in [-0.4, -0.2) is 14.1 Å². The van der Waals surface area contributed by atoms with Gasteiger partial charge in [-0.2, -0.15) is 0 Å². The number of rotatable bonds is 2. The fourth-order valence-electron chi connectivity index (χ4n) is 1.69. The summed E-state index contributed by atoms with van der Waals surface area (Å²) in [6.45, 7) is 2.83. The van der Waals surface area contributed by atoms with Crippen LogP contribution in [-0.2, 0) is 13.6 Å². The van der Waals surface area contributed by atoms with Gasteiger partial charge in [0.2, 0.25) is 0 Å². The van der Waals surface area contributed by atoms with E-state index in [0.29, 0.717) is 0 Å². The van der Waals surface area contributed by atoms with Crippen LogP contribution >= 0.6 is 0 Å². The van der Waals surface area contributed by atoms with E-state index in [2.05, 4.69) is 11.9 Å². The second kappa shape index (κ2) is 3.29. The smallest absolute Gasteiger partial charge is 0.294 e.